The number of carbonyl (C=O) groups excluding carboxylic acids is 1. The summed E-state index contributed by atoms with van der Waals surface area (Å²) >= 11 is 0. The lowest BCUT2D eigenvalue weighted by atomic mass is 10.0. The van der Waals surface area contributed by atoms with Crippen molar-refractivity contribution in [2.75, 3.05) is 13.6 Å². The number of aryl methyl sites for hydroxylation is 1. The van der Waals surface area contributed by atoms with Crippen LogP contribution < -0.4 is 5.32 Å². The summed E-state index contributed by atoms with van der Waals surface area (Å²) < 4.78 is 0. The first-order chi connectivity index (χ1) is 11.7. The highest BCUT2D eigenvalue weighted by Gasteiger charge is 2.31. The fourth-order valence-electron chi connectivity index (χ4n) is 3.80. The van der Waals surface area contributed by atoms with Crippen LogP contribution in [0.15, 0.2) is 6.33 Å². The molecule has 1 unspecified atom stereocenters. The van der Waals surface area contributed by atoms with Gasteiger partial charge in [0.05, 0.1) is 24.3 Å². The van der Waals surface area contributed by atoms with Crippen molar-refractivity contribution >= 4 is 30.7 Å². The zero-order valence-electron chi connectivity index (χ0n) is 14.9. The van der Waals surface area contributed by atoms with Gasteiger partial charge >= 0.3 is 0 Å². The number of nitrogens with one attached hydrogen (secondary N) is 3. The number of aromatic amines is 2. The minimum atomic E-state index is -0.359. The minimum absolute atomic E-state index is 0. The van der Waals surface area contributed by atoms with Crippen LogP contribution in [0, 0.1) is 0 Å². The molecule has 3 N–H and O–H groups in total. The van der Waals surface area contributed by atoms with Crippen LogP contribution in [0.2, 0.25) is 0 Å². The zero-order chi connectivity index (χ0) is 16.5. The van der Waals surface area contributed by atoms with Gasteiger partial charge in [0, 0.05) is 31.4 Å². The predicted octanol–water partition coefficient (Wildman–Crippen LogP) is 2.09. The standard InChI is InChI=1S/C17H24N6O.2ClH/c1-23(9-14-11-5-3-2-4-6-12(11)21-22-14)17(24)16-15-13(7-8-18-16)19-10-20-15;;/h10,16,18H,2-9H2,1H3,(H,19,20)(H,21,22);2*1H. The molecule has 2 aliphatic rings. The Bertz CT molecular complexity index is 743. The second-order valence-electron chi connectivity index (χ2n) is 6.79. The number of aromatic nitrogens is 4. The van der Waals surface area contributed by atoms with Crippen molar-refractivity contribution in [2.45, 2.75) is 51.1 Å². The molecule has 0 spiro atoms. The Morgan fingerprint density at radius 1 is 1.19 bits per heavy atom. The van der Waals surface area contributed by atoms with E-state index in [1.54, 1.807) is 11.2 Å². The first kappa shape index (κ1) is 20.7. The maximum Gasteiger partial charge on any atom is 0.246 e. The number of imidazole rings is 1. The number of hydrogen-bond acceptors (Lipinski definition) is 4. The van der Waals surface area contributed by atoms with Gasteiger partial charge in [-0.05, 0) is 31.2 Å². The van der Waals surface area contributed by atoms with Crippen LogP contribution in [0.4, 0.5) is 0 Å². The van der Waals surface area contributed by atoms with Gasteiger partial charge in [-0.25, -0.2) is 4.98 Å². The van der Waals surface area contributed by atoms with Crippen LogP contribution >= 0.6 is 24.8 Å². The van der Waals surface area contributed by atoms with E-state index in [0.717, 1.165) is 42.9 Å². The van der Waals surface area contributed by atoms with E-state index in [1.807, 2.05) is 7.05 Å². The van der Waals surface area contributed by atoms with Gasteiger partial charge in [-0.1, -0.05) is 6.42 Å². The van der Waals surface area contributed by atoms with E-state index in [1.165, 1.54) is 30.5 Å². The summed E-state index contributed by atoms with van der Waals surface area (Å²) in [5.74, 6) is 0.0495. The Morgan fingerprint density at radius 2 is 2.00 bits per heavy atom. The highest BCUT2D eigenvalue weighted by molar-refractivity contribution is 5.85. The molecule has 4 rings (SSSR count). The molecule has 1 aliphatic heterocycles. The summed E-state index contributed by atoms with van der Waals surface area (Å²) in [6, 6.07) is -0.359. The molecule has 0 fully saturated rings. The summed E-state index contributed by atoms with van der Waals surface area (Å²) in [7, 11) is 1.85. The molecular weight excluding hydrogens is 375 g/mol. The van der Waals surface area contributed by atoms with Crippen LogP contribution in [0.3, 0.4) is 0 Å². The highest BCUT2D eigenvalue weighted by Crippen LogP contribution is 2.24. The first-order valence-corrected chi connectivity index (χ1v) is 8.79. The molecule has 0 aromatic carbocycles. The molecule has 9 heteroatoms. The number of nitrogens with zero attached hydrogens (tertiary/aromatic N) is 3. The molecule has 3 heterocycles. The topological polar surface area (TPSA) is 89.7 Å². The van der Waals surface area contributed by atoms with Gasteiger partial charge in [0.15, 0.2) is 0 Å². The van der Waals surface area contributed by atoms with Crippen LogP contribution in [0.5, 0.6) is 0 Å². The first-order valence-electron chi connectivity index (χ1n) is 8.79. The van der Waals surface area contributed by atoms with Gasteiger partial charge in [-0.2, -0.15) is 5.10 Å². The second-order valence-corrected chi connectivity index (χ2v) is 6.79. The SMILES string of the molecule is CN(Cc1n[nH]c2c1CCCCC2)C(=O)C1NCCc2[nH]cnc21.Cl.Cl. The fourth-order valence-corrected chi connectivity index (χ4v) is 3.80. The van der Waals surface area contributed by atoms with Crippen molar-refractivity contribution in [3.05, 3.63) is 34.7 Å². The van der Waals surface area contributed by atoms with E-state index < -0.39 is 0 Å². The van der Waals surface area contributed by atoms with Crippen molar-refractivity contribution in [3.8, 4) is 0 Å². The number of hydrogen-bond donors (Lipinski definition) is 3. The summed E-state index contributed by atoms with van der Waals surface area (Å²) in [6.07, 6.45) is 8.39. The molecule has 0 radical (unpaired) electrons. The van der Waals surface area contributed by atoms with E-state index in [9.17, 15) is 4.79 Å². The third-order valence-corrected chi connectivity index (χ3v) is 5.15. The molecule has 2 aromatic rings. The lowest BCUT2D eigenvalue weighted by Gasteiger charge is -2.26. The molecule has 1 aliphatic carbocycles. The normalized spacial score (nSPS) is 18.6. The van der Waals surface area contributed by atoms with Crippen LogP contribution in [0.25, 0.3) is 0 Å². The van der Waals surface area contributed by atoms with Crippen molar-refractivity contribution in [1.82, 2.24) is 30.4 Å². The molecule has 2 aromatic heterocycles. The Morgan fingerprint density at radius 3 is 2.85 bits per heavy atom. The van der Waals surface area contributed by atoms with Crippen LogP contribution in [0.1, 0.15) is 53.6 Å². The average molecular weight is 401 g/mol. The van der Waals surface area contributed by atoms with E-state index in [4.69, 9.17) is 0 Å². The Labute approximate surface area is 165 Å². The largest absolute Gasteiger partial charge is 0.348 e. The Balaban J connectivity index is 0.00000121. The average Bonchev–Trinajstić information content (AvgIpc) is 3.15. The Hall–Kier alpha value is -1.57. The van der Waals surface area contributed by atoms with E-state index in [-0.39, 0.29) is 36.8 Å². The summed E-state index contributed by atoms with van der Waals surface area (Å²) in [5.41, 5.74) is 5.49. The van der Waals surface area contributed by atoms with Crippen molar-refractivity contribution in [1.29, 1.82) is 0 Å². The second kappa shape index (κ2) is 8.88. The van der Waals surface area contributed by atoms with Crippen molar-refractivity contribution in [2.24, 2.45) is 0 Å². The van der Waals surface area contributed by atoms with E-state index >= 15 is 0 Å². The van der Waals surface area contributed by atoms with Crippen molar-refractivity contribution in [3.63, 3.8) is 0 Å². The molecule has 1 amide bonds. The molecule has 0 saturated heterocycles. The maximum atomic E-state index is 12.9. The summed E-state index contributed by atoms with van der Waals surface area (Å²) in [5, 5.41) is 11.0. The van der Waals surface area contributed by atoms with Gasteiger partial charge in [-0.15, -0.1) is 24.8 Å². The monoisotopic (exact) mass is 400 g/mol. The maximum absolute atomic E-state index is 12.9. The number of halogens is 2. The van der Waals surface area contributed by atoms with Crippen molar-refractivity contribution < 1.29 is 4.79 Å². The van der Waals surface area contributed by atoms with Gasteiger partial charge in [-0.3, -0.25) is 9.89 Å². The molecule has 0 bridgehead atoms. The fraction of sp³-hybridized carbons (Fsp3) is 0.588. The summed E-state index contributed by atoms with van der Waals surface area (Å²) in [6.45, 7) is 1.33. The van der Waals surface area contributed by atoms with Gasteiger partial charge in [0.25, 0.3) is 0 Å². The quantitative estimate of drug-likeness (QED) is 0.688. The van der Waals surface area contributed by atoms with Crippen LogP contribution in [-0.4, -0.2) is 44.6 Å². The van der Waals surface area contributed by atoms with Crippen LogP contribution in [-0.2, 0) is 30.6 Å². The third kappa shape index (κ3) is 3.89. The van der Waals surface area contributed by atoms with Gasteiger partial charge in [0.2, 0.25) is 5.91 Å². The zero-order valence-corrected chi connectivity index (χ0v) is 16.5. The lowest BCUT2D eigenvalue weighted by Crippen LogP contribution is -2.42. The minimum Gasteiger partial charge on any atom is -0.348 e. The molecule has 0 saturated carbocycles. The van der Waals surface area contributed by atoms with E-state index in [0.29, 0.717) is 6.54 Å². The number of carbonyl (C=O) groups is 1. The third-order valence-electron chi connectivity index (χ3n) is 5.15. The molecular formula is C17H26Cl2N6O. The molecule has 1 atom stereocenters. The smallest absolute Gasteiger partial charge is 0.246 e. The lowest BCUT2D eigenvalue weighted by molar-refractivity contribution is -0.133. The summed E-state index contributed by atoms with van der Waals surface area (Å²) in [4.78, 5) is 22.1. The molecule has 7 nitrogen and oxygen atoms in total. The molecule has 144 valence electrons. The number of likely N-dealkylation sites (N-methyl/N-ethyl adjacent to an activating group) is 1. The number of rotatable bonds is 3. The molecule has 26 heavy (non-hydrogen) atoms. The van der Waals surface area contributed by atoms with E-state index in [2.05, 4.69) is 25.5 Å². The number of fused-ring (bicyclic) bond motifs is 2. The highest BCUT2D eigenvalue weighted by atomic mass is 35.5. The number of amides is 1. The van der Waals surface area contributed by atoms with Gasteiger partial charge < -0.3 is 15.2 Å². The Kier molecular flexibility index (Phi) is 7.08. The number of H-pyrrole nitrogens is 2. The van der Waals surface area contributed by atoms with Gasteiger partial charge in [0.1, 0.15) is 6.04 Å². The predicted molar refractivity (Wildman–Crippen MR) is 104 cm³/mol.